The predicted octanol–water partition coefficient (Wildman–Crippen LogP) is 9.63. The Kier molecular flexibility index (Phi) is 12.8. The Hall–Kier alpha value is -7.00. The first kappa shape index (κ1) is 42.7. The summed E-state index contributed by atoms with van der Waals surface area (Å²) in [6.07, 6.45) is -0.291. The van der Waals surface area contributed by atoms with Crippen molar-refractivity contribution >= 4 is 41.1 Å². The fraction of sp³-hybridized carbons (Fsp3) is 0.200. The molecule has 318 valence electrons. The van der Waals surface area contributed by atoms with Crippen LogP contribution in [-0.4, -0.2) is 46.6 Å². The zero-order valence-corrected chi connectivity index (χ0v) is 35.6. The maximum Gasteiger partial charge on any atom is 0.326 e. The van der Waals surface area contributed by atoms with E-state index in [1.165, 1.54) is 4.90 Å². The zero-order chi connectivity index (χ0) is 44.0. The third kappa shape index (κ3) is 10.0. The largest absolute Gasteiger partial charge is 0.489 e. The topological polar surface area (TPSA) is 150 Å². The minimum absolute atomic E-state index is 0.0175. The molecule has 0 aliphatic carbocycles. The number of nitrogens with one attached hydrogen (secondary N) is 2. The number of fused-ring (bicyclic) bond motifs is 2. The standard InChI is InChI=1S/C50H42Cl2N4O7/c1-30(34-5-3-2-4-6-34)54-50(60)56-27-39-25-46-45(62-29-47(63-46)37-16-18-40(19-17-37)61-28-33-11-20-41(51)42(52)21-33)24-38(39)23-44(56)48(57)55-43(49(58)59)22-31-7-12-35(13-8-31)36-14-9-32(26-53)10-15-36/h2-21,24-25,30,43-44,47H,22-23,27-29H2,1H3,(H,54,60)(H,55,57)(H,58,59)/t30-,43?,44-,47+/m0/s1. The van der Waals surface area contributed by atoms with Gasteiger partial charge in [-0.3, -0.25) is 4.79 Å². The Balaban J connectivity index is 0.981. The van der Waals surface area contributed by atoms with Crippen LogP contribution in [0.15, 0.2) is 133 Å². The van der Waals surface area contributed by atoms with Crippen molar-refractivity contribution in [1.29, 1.82) is 5.26 Å². The van der Waals surface area contributed by atoms with E-state index in [4.69, 9.17) is 42.7 Å². The molecular formula is C50H42Cl2N4O7. The highest BCUT2D eigenvalue weighted by Crippen LogP contribution is 2.41. The Labute approximate surface area is 374 Å². The molecule has 6 aromatic carbocycles. The van der Waals surface area contributed by atoms with Crippen molar-refractivity contribution < 1.29 is 33.7 Å². The summed E-state index contributed by atoms with van der Waals surface area (Å²) in [5, 5.41) is 26.2. The third-order valence-corrected chi connectivity index (χ3v) is 12.0. The van der Waals surface area contributed by atoms with Crippen LogP contribution in [0.3, 0.4) is 0 Å². The van der Waals surface area contributed by atoms with E-state index < -0.39 is 36.1 Å². The van der Waals surface area contributed by atoms with Crippen molar-refractivity contribution in [3.63, 3.8) is 0 Å². The van der Waals surface area contributed by atoms with Crippen LogP contribution in [-0.2, 0) is 35.6 Å². The molecule has 0 spiro atoms. The number of hydrogen-bond donors (Lipinski definition) is 3. The molecule has 13 heteroatoms. The second kappa shape index (κ2) is 18.9. The fourth-order valence-electron chi connectivity index (χ4n) is 7.71. The van der Waals surface area contributed by atoms with Crippen LogP contribution < -0.4 is 24.8 Å². The van der Waals surface area contributed by atoms with Gasteiger partial charge in [0.05, 0.1) is 27.7 Å². The molecule has 0 saturated heterocycles. The number of hydrogen-bond acceptors (Lipinski definition) is 7. The Morgan fingerprint density at radius 2 is 1.51 bits per heavy atom. The average Bonchev–Trinajstić information content (AvgIpc) is 3.31. The van der Waals surface area contributed by atoms with Gasteiger partial charge in [0.2, 0.25) is 5.91 Å². The summed E-state index contributed by atoms with van der Waals surface area (Å²) in [7, 11) is 0. The predicted molar refractivity (Wildman–Crippen MR) is 239 cm³/mol. The summed E-state index contributed by atoms with van der Waals surface area (Å²) in [4.78, 5) is 42.4. The number of amides is 3. The number of urea groups is 1. The zero-order valence-electron chi connectivity index (χ0n) is 34.1. The summed E-state index contributed by atoms with van der Waals surface area (Å²) >= 11 is 12.2. The normalized spacial score (nSPS) is 16.1. The van der Waals surface area contributed by atoms with Crippen LogP contribution in [0.5, 0.6) is 17.2 Å². The first-order chi connectivity index (χ1) is 30.5. The molecule has 0 aromatic heterocycles. The Morgan fingerprint density at radius 3 is 2.19 bits per heavy atom. The van der Waals surface area contributed by atoms with Gasteiger partial charge in [0.1, 0.15) is 31.0 Å². The van der Waals surface area contributed by atoms with Gasteiger partial charge in [-0.1, -0.05) is 108 Å². The van der Waals surface area contributed by atoms with Crippen molar-refractivity contribution in [2.75, 3.05) is 6.61 Å². The lowest BCUT2D eigenvalue weighted by Gasteiger charge is -2.38. The molecule has 0 saturated carbocycles. The van der Waals surface area contributed by atoms with E-state index >= 15 is 0 Å². The van der Waals surface area contributed by atoms with Crippen LogP contribution in [0.2, 0.25) is 10.0 Å². The number of carbonyl (C=O) groups is 3. The number of carbonyl (C=O) groups excluding carboxylic acids is 2. The molecule has 11 nitrogen and oxygen atoms in total. The number of carboxylic acids is 1. The minimum Gasteiger partial charge on any atom is -0.489 e. The SMILES string of the molecule is C[C@H](NC(=O)N1Cc2cc3c(cc2C[C@H]1C(=O)NC(Cc1ccc(-c2ccc(C#N)cc2)cc1)C(=O)O)OC[C@H](c1ccc(OCc2ccc(Cl)c(Cl)c2)cc1)O3)c1ccccc1. The van der Waals surface area contributed by atoms with E-state index in [9.17, 15) is 19.5 Å². The van der Waals surface area contributed by atoms with E-state index in [0.29, 0.717) is 45.0 Å². The Morgan fingerprint density at radius 1 is 0.825 bits per heavy atom. The summed E-state index contributed by atoms with van der Waals surface area (Å²) < 4.78 is 18.7. The van der Waals surface area contributed by atoms with Crippen LogP contribution >= 0.6 is 23.2 Å². The van der Waals surface area contributed by atoms with E-state index in [-0.39, 0.29) is 32.0 Å². The lowest BCUT2D eigenvalue weighted by Crippen LogP contribution is -2.57. The van der Waals surface area contributed by atoms with Gasteiger partial charge in [0.15, 0.2) is 17.6 Å². The molecule has 3 N–H and O–H groups in total. The van der Waals surface area contributed by atoms with Gasteiger partial charge in [0, 0.05) is 19.4 Å². The number of benzene rings is 6. The Bertz CT molecular complexity index is 2670. The molecule has 0 bridgehead atoms. The molecule has 0 fully saturated rings. The molecule has 8 rings (SSSR count). The van der Waals surface area contributed by atoms with E-state index in [2.05, 4.69) is 16.7 Å². The number of ether oxygens (including phenoxy) is 3. The summed E-state index contributed by atoms with van der Waals surface area (Å²) in [5.41, 5.74) is 7.27. The smallest absolute Gasteiger partial charge is 0.326 e. The highest BCUT2D eigenvalue weighted by atomic mass is 35.5. The van der Waals surface area contributed by atoms with Gasteiger partial charge in [-0.15, -0.1) is 0 Å². The molecule has 0 radical (unpaired) electrons. The summed E-state index contributed by atoms with van der Waals surface area (Å²) in [6, 6.07) is 39.6. The lowest BCUT2D eigenvalue weighted by molar-refractivity contribution is -0.142. The van der Waals surface area contributed by atoms with Crippen molar-refractivity contribution in [3.05, 3.63) is 182 Å². The van der Waals surface area contributed by atoms with Gasteiger partial charge in [-0.05, 0) is 100.0 Å². The quantitative estimate of drug-likeness (QED) is 0.110. The van der Waals surface area contributed by atoms with Gasteiger partial charge >= 0.3 is 12.0 Å². The molecule has 2 aliphatic heterocycles. The van der Waals surface area contributed by atoms with E-state index in [0.717, 1.165) is 38.9 Å². The lowest BCUT2D eigenvalue weighted by atomic mass is 9.92. The molecule has 6 aromatic rings. The number of aliphatic carboxylic acids is 1. The van der Waals surface area contributed by atoms with Crippen LogP contribution in [0, 0.1) is 11.3 Å². The number of nitrogens with zero attached hydrogens (tertiary/aromatic N) is 2. The molecule has 4 atom stereocenters. The van der Waals surface area contributed by atoms with Crippen LogP contribution in [0.4, 0.5) is 4.79 Å². The fourth-order valence-corrected chi connectivity index (χ4v) is 8.03. The number of halogens is 2. The molecular weight excluding hydrogens is 839 g/mol. The minimum atomic E-state index is -1.27. The number of carboxylic acid groups (broad SMARTS) is 1. The molecule has 63 heavy (non-hydrogen) atoms. The third-order valence-electron chi connectivity index (χ3n) is 11.3. The average molecular weight is 882 g/mol. The second-order valence-corrected chi connectivity index (χ2v) is 16.3. The van der Waals surface area contributed by atoms with Crippen molar-refractivity contribution in [1.82, 2.24) is 15.5 Å². The maximum atomic E-state index is 14.2. The maximum absolute atomic E-state index is 14.2. The first-order valence-electron chi connectivity index (χ1n) is 20.4. The summed E-state index contributed by atoms with van der Waals surface area (Å²) in [6.45, 7) is 2.47. The van der Waals surface area contributed by atoms with Gasteiger partial charge < -0.3 is 34.9 Å². The van der Waals surface area contributed by atoms with E-state index in [1.54, 1.807) is 24.3 Å². The van der Waals surface area contributed by atoms with Gasteiger partial charge in [0.25, 0.3) is 0 Å². The van der Waals surface area contributed by atoms with Crippen LogP contribution in [0.25, 0.3) is 11.1 Å². The van der Waals surface area contributed by atoms with Gasteiger partial charge in [-0.25, -0.2) is 9.59 Å². The van der Waals surface area contributed by atoms with Crippen molar-refractivity contribution in [3.8, 4) is 34.4 Å². The molecule has 3 amide bonds. The number of nitriles is 1. The molecule has 1 unspecified atom stereocenters. The molecule has 2 aliphatic rings. The monoisotopic (exact) mass is 880 g/mol. The van der Waals surface area contributed by atoms with E-state index in [1.807, 2.05) is 116 Å². The van der Waals surface area contributed by atoms with Crippen molar-refractivity contribution in [2.45, 2.75) is 57.1 Å². The highest BCUT2D eigenvalue weighted by molar-refractivity contribution is 6.42. The number of rotatable bonds is 12. The highest BCUT2D eigenvalue weighted by Gasteiger charge is 2.38. The van der Waals surface area contributed by atoms with Crippen molar-refractivity contribution in [2.24, 2.45) is 0 Å². The first-order valence-corrected chi connectivity index (χ1v) is 21.1. The van der Waals surface area contributed by atoms with Crippen LogP contribution in [0.1, 0.15) is 58.0 Å². The summed E-state index contributed by atoms with van der Waals surface area (Å²) in [5.74, 6) is -0.122. The van der Waals surface area contributed by atoms with Gasteiger partial charge in [-0.2, -0.15) is 5.26 Å². The second-order valence-electron chi connectivity index (χ2n) is 15.5. The molecule has 2 heterocycles.